The van der Waals surface area contributed by atoms with Gasteiger partial charge in [-0.15, -0.1) is 0 Å². The maximum Gasteiger partial charge on any atom is 0.374 e. The van der Waals surface area contributed by atoms with Gasteiger partial charge in [0.25, 0.3) is 0 Å². The number of hydrogen-bond donors (Lipinski definition) is 2. The van der Waals surface area contributed by atoms with Gasteiger partial charge in [-0.1, -0.05) is 13.8 Å². The highest BCUT2D eigenvalue weighted by Crippen LogP contribution is 2.31. The van der Waals surface area contributed by atoms with Crippen LogP contribution < -0.4 is 0 Å². The van der Waals surface area contributed by atoms with Crippen molar-refractivity contribution in [3.8, 4) is 0 Å². The molecule has 0 atom stereocenters. The lowest BCUT2D eigenvalue weighted by molar-refractivity contribution is -0.170. The molecule has 0 aliphatic carbocycles. The van der Waals surface area contributed by atoms with E-state index in [0.717, 1.165) is 0 Å². The minimum atomic E-state index is -3.76. The lowest BCUT2D eigenvalue weighted by Crippen LogP contribution is -2.35. The van der Waals surface area contributed by atoms with Crippen LogP contribution >= 0.6 is 0 Å². The number of carboxylic acid groups (broad SMARTS) is 1. The van der Waals surface area contributed by atoms with Gasteiger partial charge in [0.15, 0.2) is 0 Å². The standard InChI is InChI=1S/C7H12F2O3/c1-6(2,4-10)3-7(8,9)5(11)12/h10H,3-4H2,1-2H3,(H,11,12). The van der Waals surface area contributed by atoms with Crippen molar-refractivity contribution in [3.63, 3.8) is 0 Å². The van der Waals surface area contributed by atoms with E-state index in [-0.39, 0.29) is 0 Å². The van der Waals surface area contributed by atoms with E-state index in [1.165, 1.54) is 13.8 Å². The van der Waals surface area contributed by atoms with Crippen molar-refractivity contribution in [2.45, 2.75) is 26.2 Å². The van der Waals surface area contributed by atoms with Gasteiger partial charge in [0.05, 0.1) is 0 Å². The molecular formula is C7H12F2O3. The molecule has 0 aliphatic heterocycles. The van der Waals surface area contributed by atoms with Crippen molar-refractivity contribution >= 4 is 5.97 Å². The topological polar surface area (TPSA) is 57.5 Å². The summed E-state index contributed by atoms with van der Waals surface area (Å²) in [5.41, 5.74) is -1.07. The Morgan fingerprint density at radius 1 is 1.42 bits per heavy atom. The molecule has 0 aromatic carbocycles. The largest absolute Gasteiger partial charge is 0.477 e. The molecule has 0 spiro atoms. The Hall–Kier alpha value is -0.710. The third-order valence-electron chi connectivity index (χ3n) is 1.44. The molecule has 0 radical (unpaired) electrons. The van der Waals surface area contributed by atoms with Gasteiger partial charge in [0, 0.05) is 13.0 Å². The van der Waals surface area contributed by atoms with Gasteiger partial charge in [-0.2, -0.15) is 8.78 Å². The summed E-state index contributed by atoms with van der Waals surface area (Å²) in [4.78, 5) is 9.98. The smallest absolute Gasteiger partial charge is 0.374 e. The molecule has 0 rings (SSSR count). The quantitative estimate of drug-likeness (QED) is 0.684. The highest BCUT2D eigenvalue weighted by molar-refractivity contribution is 5.75. The Morgan fingerprint density at radius 2 is 1.83 bits per heavy atom. The third kappa shape index (κ3) is 3.13. The summed E-state index contributed by atoms with van der Waals surface area (Å²) in [6.45, 7) is 2.30. The lowest BCUT2D eigenvalue weighted by atomic mass is 9.87. The molecule has 0 amide bonds. The Kier molecular flexibility index (Phi) is 3.15. The fraction of sp³-hybridized carbons (Fsp3) is 0.857. The molecule has 12 heavy (non-hydrogen) atoms. The summed E-state index contributed by atoms with van der Waals surface area (Å²) < 4.78 is 25.0. The summed E-state index contributed by atoms with van der Waals surface area (Å²) in [5, 5.41) is 16.7. The van der Waals surface area contributed by atoms with Crippen LogP contribution in [0.1, 0.15) is 20.3 Å². The van der Waals surface area contributed by atoms with Crippen LogP contribution in [-0.2, 0) is 4.79 Å². The number of hydrogen-bond acceptors (Lipinski definition) is 2. The molecule has 0 aromatic rings. The predicted molar refractivity (Wildman–Crippen MR) is 38.1 cm³/mol. The van der Waals surface area contributed by atoms with Crippen LogP contribution in [-0.4, -0.2) is 28.7 Å². The Morgan fingerprint density at radius 3 is 2.08 bits per heavy atom. The number of rotatable bonds is 4. The van der Waals surface area contributed by atoms with Gasteiger partial charge < -0.3 is 10.2 Å². The molecule has 0 unspecified atom stereocenters. The van der Waals surface area contributed by atoms with Crippen molar-refractivity contribution in [3.05, 3.63) is 0 Å². The summed E-state index contributed by atoms with van der Waals surface area (Å²) in [6.07, 6.45) is -0.855. The van der Waals surface area contributed by atoms with Crippen LogP contribution in [0, 0.1) is 5.41 Å². The van der Waals surface area contributed by atoms with Gasteiger partial charge in [-0.25, -0.2) is 4.79 Å². The van der Waals surface area contributed by atoms with Crippen molar-refractivity contribution in [1.29, 1.82) is 0 Å². The normalized spacial score (nSPS) is 13.1. The SMILES string of the molecule is CC(C)(CO)CC(F)(F)C(=O)O. The van der Waals surface area contributed by atoms with Crippen LogP contribution in [0.2, 0.25) is 0 Å². The van der Waals surface area contributed by atoms with E-state index in [4.69, 9.17) is 10.2 Å². The van der Waals surface area contributed by atoms with E-state index < -0.39 is 30.3 Å². The molecule has 0 saturated carbocycles. The summed E-state index contributed by atoms with van der Waals surface area (Å²) in [5.74, 6) is -5.91. The highest BCUT2D eigenvalue weighted by Gasteiger charge is 2.43. The number of aliphatic carboxylic acids is 1. The molecule has 0 fully saturated rings. The van der Waals surface area contributed by atoms with Crippen LogP contribution in [0.3, 0.4) is 0 Å². The zero-order chi connectivity index (χ0) is 9.99. The predicted octanol–water partition coefficient (Wildman–Crippen LogP) is 1.11. The molecule has 0 aromatic heterocycles. The summed E-state index contributed by atoms with van der Waals surface area (Å²) in [7, 11) is 0. The number of aliphatic hydroxyl groups excluding tert-OH is 1. The van der Waals surface area contributed by atoms with E-state index >= 15 is 0 Å². The number of carboxylic acids is 1. The van der Waals surface area contributed by atoms with E-state index in [9.17, 15) is 13.6 Å². The maximum absolute atomic E-state index is 12.5. The number of halogens is 2. The molecule has 72 valence electrons. The molecule has 3 nitrogen and oxygen atoms in total. The first-order valence-electron chi connectivity index (χ1n) is 3.43. The zero-order valence-electron chi connectivity index (χ0n) is 6.97. The summed E-state index contributed by atoms with van der Waals surface area (Å²) >= 11 is 0. The summed E-state index contributed by atoms with van der Waals surface area (Å²) in [6, 6.07) is 0. The van der Waals surface area contributed by atoms with Gasteiger partial charge in [-0.05, 0) is 5.41 Å². The number of aliphatic hydroxyl groups is 1. The van der Waals surface area contributed by atoms with Gasteiger partial charge >= 0.3 is 11.9 Å². The molecule has 0 bridgehead atoms. The minimum Gasteiger partial charge on any atom is -0.477 e. The molecular weight excluding hydrogens is 170 g/mol. The first kappa shape index (κ1) is 11.3. The first-order chi connectivity index (χ1) is 5.21. The second kappa shape index (κ2) is 3.35. The number of alkyl halides is 2. The highest BCUT2D eigenvalue weighted by atomic mass is 19.3. The van der Waals surface area contributed by atoms with Gasteiger partial charge in [0.1, 0.15) is 0 Å². The van der Waals surface area contributed by atoms with Crippen molar-refractivity contribution in [2.24, 2.45) is 5.41 Å². The Labute approximate surface area is 69.0 Å². The van der Waals surface area contributed by atoms with Gasteiger partial charge in [-0.3, -0.25) is 0 Å². The molecule has 2 N–H and O–H groups in total. The molecule has 0 aliphatic rings. The average molecular weight is 182 g/mol. The van der Waals surface area contributed by atoms with Crippen LogP contribution in [0.15, 0.2) is 0 Å². The third-order valence-corrected chi connectivity index (χ3v) is 1.44. The average Bonchev–Trinajstić information content (AvgIpc) is 1.85. The van der Waals surface area contributed by atoms with Crippen LogP contribution in [0.5, 0.6) is 0 Å². The number of carbonyl (C=O) groups is 1. The van der Waals surface area contributed by atoms with Crippen molar-refractivity contribution in [1.82, 2.24) is 0 Å². The second-order valence-electron chi connectivity index (χ2n) is 3.51. The van der Waals surface area contributed by atoms with Gasteiger partial charge in [0.2, 0.25) is 0 Å². The van der Waals surface area contributed by atoms with Crippen LogP contribution in [0.4, 0.5) is 8.78 Å². The van der Waals surface area contributed by atoms with E-state index in [2.05, 4.69) is 0 Å². The van der Waals surface area contributed by atoms with E-state index in [1.54, 1.807) is 0 Å². The Balaban J connectivity index is 4.34. The maximum atomic E-state index is 12.5. The van der Waals surface area contributed by atoms with Crippen molar-refractivity contribution < 1.29 is 23.8 Å². The fourth-order valence-corrected chi connectivity index (χ4v) is 0.733. The monoisotopic (exact) mass is 182 g/mol. The first-order valence-corrected chi connectivity index (χ1v) is 3.43. The van der Waals surface area contributed by atoms with Crippen LogP contribution in [0.25, 0.3) is 0 Å². The fourth-order valence-electron chi connectivity index (χ4n) is 0.733. The molecule has 5 heteroatoms. The molecule has 0 saturated heterocycles. The second-order valence-corrected chi connectivity index (χ2v) is 3.51. The van der Waals surface area contributed by atoms with E-state index in [1.807, 2.05) is 0 Å². The molecule has 0 heterocycles. The van der Waals surface area contributed by atoms with E-state index in [0.29, 0.717) is 0 Å². The zero-order valence-corrected chi connectivity index (χ0v) is 6.97. The lowest BCUT2D eigenvalue weighted by Gasteiger charge is -2.24. The van der Waals surface area contributed by atoms with Crippen molar-refractivity contribution in [2.75, 3.05) is 6.61 Å². The Bertz CT molecular complexity index is 177. The minimum absolute atomic E-state index is 0.462.